The minimum absolute atomic E-state index is 0.275. The summed E-state index contributed by atoms with van der Waals surface area (Å²) >= 11 is 1.78. The van der Waals surface area contributed by atoms with E-state index in [2.05, 4.69) is 5.18 Å². The highest BCUT2D eigenvalue weighted by Crippen LogP contribution is 2.22. The lowest BCUT2D eigenvalue weighted by molar-refractivity contribution is -0.118. The molecule has 0 bridgehead atoms. The minimum Gasteiger partial charge on any atom is -0.497 e. The van der Waals surface area contributed by atoms with Gasteiger partial charge in [-0.1, -0.05) is 6.42 Å². The molecule has 0 radical (unpaired) electrons. The molecule has 1 aromatic carbocycles. The first-order chi connectivity index (χ1) is 8.76. The maximum atomic E-state index is 10.6. The molecule has 0 unspecified atom stereocenters. The highest BCUT2D eigenvalue weighted by atomic mass is 32.2. The Hall–Kier alpha value is -1.36. The van der Waals surface area contributed by atoms with E-state index in [1.807, 2.05) is 24.3 Å². The fourth-order valence-corrected chi connectivity index (χ4v) is 2.38. The van der Waals surface area contributed by atoms with Crippen LogP contribution in [0.4, 0.5) is 0 Å². The van der Waals surface area contributed by atoms with Gasteiger partial charge in [-0.3, -0.25) is 4.79 Å². The molecule has 1 rings (SSSR count). The summed E-state index contributed by atoms with van der Waals surface area (Å²) in [5, 5.41) is 2.36. The van der Waals surface area contributed by atoms with Crippen molar-refractivity contribution in [2.75, 3.05) is 12.9 Å². The van der Waals surface area contributed by atoms with Crippen molar-refractivity contribution in [2.45, 2.75) is 30.6 Å². The molecule has 98 valence electrons. The van der Waals surface area contributed by atoms with Gasteiger partial charge in [-0.15, -0.1) is 16.7 Å². The summed E-state index contributed by atoms with van der Waals surface area (Å²) in [5.41, 5.74) is 0. The van der Waals surface area contributed by atoms with Crippen LogP contribution in [-0.2, 0) is 4.79 Å². The number of unbranched alkanes of at least 4 members (excludes halogenated alkanes) is 2. The summed E-state index contributed by atoms with van der Waals surface area (Å²) in [6, 6.07) is 7.94. The Balaban J connectivity index is 2.10. The molecule has 0 N–H and O–H groups in total. The Morgan fingerprint density at radius 2 is 1.94 bits per heavy atom. The molecule has 0 atom stereocenters. The third-order valence-corrected chi connectivity index (χ3v) is 3.56. The number of carbonyl (C=O) groups excluding carboxylic acids is 1. The van der Waals surface area contributed by atoms with Crippen molar-refractivity contribution in [1.82, 2.24) is 0 Å². The van der Waals surface area contributed by atoms with Gasteiger partial charge in [0.05, 0.1) is 7.11 Å². The quantitative estimate of drug-likeness (QED) is 0.410. The monoisotopic (exact) mass is 267 g/mol. The van der Waals surface area contributed by atoms with Crippen molar-refractivity contribution in [2.24, 2.45) is 5.18 Å². The van der Waals surface area contributed by atoms with Crippen LogP contribution in [0, 0.1) is 4.91 Å². The van der Waals surface area contributed by atoms with Gasteiger partial charge in [0.15, 0.2) is 0 Å². The van der Waals surface area contributed by atoms with Crippen LogP contribution < -0.4 is 4.74 Å². The van der Waals surface area contributed by atoms with E-state index in [1.54, 1.807) is 18.9 Å². The zero-order valence-corrected chi connectivity index (χ0v) is 11.2. The van der Waals surface area contributed by atoms with Gasteiger partial charge in [0.25, 0.3) is 5.91 Å². The average molecular weight is 267 g/mol. The normalized spacial score (nSPS) is 10.1. The number of methoxy groups -OCH3 is 1. The highest BCUT2D eigenvalue weighted by Gasteiger charge is 2.00. The van der Waals surface area contributed by atoms with Crippen molar-refractivity contribution in [3.8, 4) is 5.75 Å². The Morgan fingerprint density at radius 3 is 2.56 bits per heavy atom. The molecule has 5 heteroatoms. The van der Waals surface area contributed by atoms with Crippen LogP contribution in [0.1, 0.15) is 25.7 Å². The number of nitrogens with zero attached hydrogens (tertiary/aromatic N) is 1. The minimum atomic E-state index is -0.544. The summed E-state index contributed by atoms with van der Waals surface area (Å²) in [6.45, 7) is 0. The van der Waals surface area contributed by atoms with E-state index in [9.17, 15) is 9.70 Å². The number of rotatable bonds is 8. The molecule has 18 heavy (non-hydrogen) atoms. The maximum absolute atomic E-state index is 10.6. The van der Waals surface area contributed by atoms with Gasteiger partial charge < -0.3 is 4.74 Å². The largest absolute Gasteiger partial charge is 0.497 e. The molecule has 4 nitrogen and oxygen atoms in total. The smallest absolute Gasteiger partial charge is 0.286 e. The second-order valence-corrected chi connectivity index (χ2v) is 4.99. The van der Waals surface area contributed by atoms with E-state index in [4.69, 9.17) is 4.74 Å². The Morgan fingerprint density at radius 1 is 1.22 bits per heavy atom. The standard InChI is InChI=1S/C13H17NO3S/c1-17-11-6-8-12(9-7-11)18-10-4-2-3-5-13(15)14-16/h6-9H,2-5,10H2,1H3. The number of ether oxygens (including phenoxy) is 1. The summed E-state index contributed by atoms with van der Waals surface area (Å²) in [4.78, 5) is 21.7. The van der Waals surface area contributed by atoms with Crippen LogP contribution in [0.25, 0.3) is 0 Å². The molecule has 0 saturated carbocycles. The molecule has 0 aliphatic heterocycles. The molecule has 0 aliphatic rings. The summed E-state index contributed by atoms with van der Waals surface area (Å²) in [7, 11) is 1.65. The van der Waals surface area contributed by atoms with E-state index >= 15 is 0 Å². The number of thioether (sulfide) groups is 1. The number of hydrogen-bond acceptors (Lipinski definition) is 4. The zero-order chi connectivity index (χ0) is 13.2. The summed E-state index contributed by atoms with van der Waals surface area (Å²) < 4.78 is 5.08. The number of amides is 1. The third-order valence-electron chi connectivity index (χ3n) is 2.46. The summed E-state index contributed by atoms with van der Waals surface area (Å²) in [5.74, 6) is 1.33. The van der Waals surface area contributed by atoms with Gasteiger partial charge in [0.2, 0.25) is 0 Å². The Bertz CT molecular complexity index is 378. The molecule has 0 saturated heterocycles. The van der Waals surface area contributed by atoms with E-state index in [0.717, 1.165) is 30.8 Å². The SMILES string of the molecule is COc1ccc(SCCCCCC(=O)N=O)cc1. The molecule has 0 heterocycles. The molecule has 0 spiro atoms. The lowest BCUT2D eigenvalue weighted by Crippen LogP contribution is -1.91. The fourth-order valence-electron chi connectivity index (χ4n) is 1.46. The van der Waals surface area contributed by atoms with E-state index in [1.165, 1.54) is 4.90 Å². The lowest BCUT2D eigenvalue weighted by atomic mass is 10.2. The zero-order valence-electron chi connectivity index (χ0n) is 10.4. The third kappa shape index (κ3) is 5.82. The van der Waals surface area contributed by atoms with E-state index in [-0.39, 0.29) is 6.42 Å². The van der Waals surface area contributed by atoms with Gasteiger partial charge in [-0.25, -0.2) is 0 Å². The molecular weight excluding hydrogens is 250 g/mol. The topological polar surface area (TPSA) is 55.7 Å². The van der Waals surface area contributed by atoms with Crippen molar-refractivity contribution in [3.05, 3.63) is 29.2 Å². The highest BCUT2D eigenvalue weighted by molar-refractivity contribution is 7.99. The van der Waals surface area contributed by atoms with Gasteiger partial charge in [-0.05, 0) is 42.9 Å². The lowest BCUT2D eigenvalue weighted by Gasteiger charge is -2.03. The second kappa shape index (κ2) is 8.69. The van der Waals surface area contributed by atoms with Crippen LogP contribution >= 0.6 is 11.8 Å². The van der Waals surface area contributed by atoms with Crippen LogP contribution in [-0.4, -0.2) is 18.8 Å². The summed E-state index contributed by atoms with van der Waals surface area (Å²) in [6.07, 6.45) is 3.00. The van der Waals surface area contributed by atoms with Crippen LogP contribution in [0.15, 0.2) is 34.3 Å². The maximum Gasteiger partial charge on any atom is 0.286 e. The van der Waals surface area contributed by atoms with Crippen LogP contribution in [0.5, 0.6) is 5.75 Å². The molecule has 1 aromatic rings. The van der Waals surface area contributed by atoms with Crippen molar-refractivity contribution >= 4 is 17.7 Å². The number of hydrogen-bond donors (Lipinski definition) is 0. The Kier molecular flexibility index (Phi) is 7.10. The number of benzene rings is 1. The van der Waals surface area contributed by atoms with Crippen LogP contribution in [0.2, 0.25) is 0 Å². The first-order valence-electron chi connectivity index (χ1n) is 5.89. The molecule has 0 aliphatic carbocycles. The van der Waals surface area contributed by atoms with Gasteiger partial charge in [0.1, 0.15) is 5.75 Å². The van der Waals surface area contributed by atoms with Crippen LogP contribution in [0.3, 0.4) is 0 Å². The van der Waals surface area contributed by atoms with Gasteiger partial charge in [-0.2, -0.15) is 0 Å². The second-order valence-electron chi connectivity index (χ2n) is 3.82. The first-order valence-corrected chi connectivity index (χ1v) is 6.88. The fraction of sp³-hybridized carbons (Fsp3) is 0.462. The average Bonchev–Trinajstić information content (AvgIpc) is 2.43. The number of nitroso groups, excluding NO2 is 1. The molecule has 1 amide bonds. The van der Waals surface area contributed by atoms with E-state index in [0.29, 0.717) is 0 Å². The number of carbonyl (C=O) groups is 1. The van der Waals surface area contributed by atoms with Gasteiger partial charge >= 0.3 is 0 Å². The predicted octanol–water partition coefficient (Wildman–Crippen LogP) is 3.64. The molecular formula is C13H17NO3S. The first kappa shape index (κ1) is 14.7. The van der Waals surface area contributed by atoms with Crippen molar-refractivity contribution in [1.29, 1.82) is 0 Å². The predicted molar refractivity (Wildman–Crippen MR) is 73.0 cm³/mol. The Labute approximate surface area is 111 Å². The van der Waals surface area contributed by atoms with Crippen molar-refractivity contribution in [3.63, 3.8) is 0 Å². The van der Waals surface area contributed by atoms with Crippen molar-refractivity contribution < 1.29 is 9.53 Å². The molecule has 0 fully saturated rings. The van der Waals surface area contributed by atoms with Gasteiger partial charge in [0, 0.05) is 16.5 Å². The molecule has 0 aromatic heterocycles. The van der Waals surface area contributed by atoms with E-state index < -0.39 is 5.91 Å².